The first-order valence-corrected chi connectivity index (χ1v) is 6.09. The second kappa shape index (κ2) is 4.21. The summed E-state index contributed by atoms with van der Waals surface area (Å²) < 4.78 is 0. The first-order valence-electron chi connectivity index (χ1n) is 6.09. The summed E-state index contributed by atoms with van der Waals surface area (Å²) in [5.74, 6) is 0. The molecule has 3 rings (SSSR count). The summed E-state index contributed by atoms with van der Waals surface area (Å²) in [5.41, 5.74) is 1.39. The Morgan fingerprint density at radius 1 is 1.12 bits per heavy atom. The monoisotopic (exact) mass is 224 g/mol. The minimum atomic E-state index is 0.396. The Labute approximate surface area is 102 Å². The minimum Gasteiger partial charge on any atom is -0.354 e. The lowest BCUT2D eigenvalue weighted by atomic mass is 9.99. The Morgan fingerprint density at radius 3 is 2.76 bits per heavy atom. The molecule has 0 spiro atoms. The average Bonchev–Trinajstić information content (AvgIpc) is 2.91. The number of benzene rings is 2. The number of fused-ring (bicyclic) bond motifs is 1. The van der Waals surface area contributed by atoms with Gasteiger partial charge in [0, 0.05) is 6.54 Å². The lowest BCUT2D eigenvalue weighted by molar-refractivity contribution is 0.377. The molecule has 0 fully saturated rings. The van der Waals surface area contributed by atoms with E-state index in [4.69, 9.17) is 0 Å². The van der Waals surface area contributed by atoms with Gasteiger partial charge < -0.3 is 4.90 Å². The highest BCUT2D eigenvalue weighted by molar-refractivity contribution is 5.86. The Hall–Kier alpha value is -1.83. The first kappa shape index (κ1) is 10.3. The maximum absolute atomic E-state index is 4.29. The van der Waals surface area contributed by atoms with Crippen molar-refractivity contribution in [3.63, 3.8) is 0 Å². The average molecular weight is 224 g/mol. The van der Waals surface area contributed by atoms with Crippen molar-refractivity contribution in [1.82, 2.24) is 4.90 Å². The molecule has 0 saturated carbocycles. The highest BCUT2D eigenvalue weighted by atomic mass is 15.2. The molecule has 2 heteroatoms. The third kappa shape index (κ3) is 1.80. The third-order valence-corrected chi connectivity index (χ3v) is 3.49. The fraction of sp³-hybridized carbons (Fsp3) is 0.267. The summed E-state index contributed by atoms with van der Waals surface area (Å²) in [6, 6.07) is 15.5. The van der Waals surface area contributed by atoms with Gasteiger partial charge in [-0.2, -0.15) is 0 Å². The second-order valence-electron chi connectivity index (χ2n) is 4.50. The molecular formula is C15H16N2. The van der Waals surface area contributed by atoms with Crippen LogP contribution in [0.15, 0.2) is 47.5 Å². The van der Waals surface area contributed by atoms with Gasteiger partial charge in [0.15, 0.2) is 0 Å². The molecule has 0 aliphatic carbocycles. The molecule has 0 amide bonds. The van der Waals surface area contributed by atoms with E-state index in [9.17, 15) is 0 Å². The lowest BCUT2D eigenvalue weighted by Crippen LogP contribution is -2.23. The van der Waals surface area contributed by atoms with Crippen LogP contribution >= 0.6 is 0 Å². The molecule has 2 aromatic carbocycles. The number of nitrogens with zero attached hydrogens (tertiary/aromatic N) is 2. The zero-order valence-corrected chi connectivity index (χ0v) is 10.0. The van der Waals surface area contributed by atoms with Crippen LogP contribution in [0.25, 0.3) is 10.8 Å². The van der Waals surface area contributed by atoms with Crippen LogP contribution in [0.1, 0.15) is 18.5 Å². The molecule has 0 saturated heterocycles. The molecule has 0 aromatic heterocycles. The predicted octanol–water partition coefficient (Wildman–Crippen LogP) is 3.24. The van der Waals surface area contributed by atoms with Crippen molar-refractivity contribution in [1.29, 1.82) is 0 Å². The van der Waals surface area contributed by atoms with Gasteiger partial charge in [-0.1, -0.05) is 42.5 Å². The van der Waals surface area contributed by atoms with Crippen molar-refractivity contribution in [2.24, 2.45) is 4.99 Å². The normalized spacial score (nSPS) is 16.6. The molecule has 86 valence electrons. The maximum atomic E-state index is 4.29. The molecule has 1 aliphatic heterocycles. The van der Waals surface area contributed by atoms with Gasteiger partial charge in [0.1, 0.15) is 0 Å². The topological polar surface area (TPSA) is 15.6 Å². The molecule has 1 atom stereocenters. The van der Waals surface area contributed by atoms with Crippen molar-refractivity contribution in [3.05, 3.63) is 48.0 Å². The van der Waals surface area contributed by atoms with Crippen molar-refractivity contribution < 1.29 is 0 Å². The van der Waals surface area contributed by atoms with Crippen molar-refractivity contribution in [3.8, 4) is 0 Å². The van der Waals surface area contributed by atoms with Gasteiger partial charge in [-0.25, -0.2) is 0 Å². The number of hydrogen-bond donors (Lipinski definition) is 0. The van der Waals surface area contributed by atoms with Gasteiger partial charge >= 0.3 is 0 Å². The Balaban J connectivity index is 2.07. The Morgan fingerprint density at radius 2 is 1.94 bits per heavy atom. The van der Waals surface area contributed by atoms with Gasteiger partial charge in [0.05, 0.1) is 18.9 Å². The Kier molecular flexibility index (Phi) is 2.56. The minimum absolute atomic E-state index is 0.396. The van der Waals surface area contributed by atoms with Crippen molar-refractivity contribution in [2.45, 2.75) is 13.0 Å². The van der Waals surface area contributed by atoms with Gasteiger partial charge in [-0.3, -0.25) is 4.99 Å². The van der Waals surface area contributed by atoms with E-state index in [1.165, 1.54) is 16.3 Å². The summed E-state index contributed by atoms with van der Waals surface area (Å²) in [5, 5.41) is 2.66. The summed E-state index contributed by atoms with van der Waals surface area (Å²) in [4.78, 5) is 6.60. The second-order valence-corrected chi connectivity index (χ2v) is 4.50. The lowest BCUT2D eigenvalue weighted by Gasteiger charge is -2.24. The van der Waals surface area contributed by atoms with Crippen molar-refractivity contribution in [2.75, 3.05) is 13.1 Å². The first-order chi connectivity index (χ1) is 8.36. The summed E-state index contributed by atoms with van der Waals surface area (Å²) in [7, 11) is 0. The molecule has 2 aromatic rings. The largest absolute Gasteiger partial charge is 0.354 e. The van der Waals surface area contributed by atoms with Gasteiger partial charge in [-0.05, 0) is 23.3 Å². The third-order valence-electron chi connectivity index (χ3n) is 3.49. The number of rotatable bonds is 2. The van der Waals surface area contributed by atoms with E-state index >= 15 is 0 Å². The number of aliphatic imine (C=N–C) groups is 1. The quantitative estimate of drug-likeness (QED) is 0.764. The van der Waals surface area contributed by atoms with Crippen LogP contribution in [0.3, 0.4) is 0 Å². The highest BCUT2D eigenvalue weighted by Crippen LogP contribution is 2.27. The summed E-state index contributed by atoms with van der Waals surface area (Å²) in [6.45, 7) is 4.21. The van der Waals surface area contributed by atoms with E-state index in [1.54, 1.807) is 0 Å². The molecule has 17 heavy (non-hydrogen) atoms. The number of hydrogen-bond acceptors (Lipinski definition) is 2. The zero-order valence-electron chi connectivity index (χ0n) is 10.0. The van der Waals surface area contributed by atoms with E-state index in [2.05, 4.69) is 59.3 Å². The van der Waals surface area contributed by atoms with E-state index in [1.807, 2.05) is 6.34 Å². The fourth-order valence-corrected chi connectivity index (χ4v) is 2.48. The molecule has 0 unspecified atom stereocenters. The van der Waals surface area contributed by atoms with Gasteiger partial charge in [0.25, 0.3) is 0 Å². The molecule has 0 radical (unpaired) electrons. The van der Waals surface area contributed by atoms with Crippen LogP contribution in [-0.4, -0.2) is 24.3 Å². The van der Waals surface area contributed by atoms with E-state index in [0.717, 1.165) is 13.1 Å². The molecule has 2 nitrogen and oxygen atoms in total. The predicted molar refractivity (Wildman–Crippen MR) is 72.4 cm³/mol. The van der Waals surface area contributed by atoms with Gasteiger partial charge in [-0.15, -0.1) is 0 Å². The smallest absolute Gasteiger partial charge is 0.0856 e. The van der Waals surface area contributed by atoms with Crippen molar-refractivity contribution >= 4 is 17.1 Å². The maximum Gasteiger partial charge on any atom is 0.0856 e. The van der Waals surface area contributed by atoms with E-state index < -0.39 is 0 Å². The van der Waals surface area contributed by atoms with Crippen LogP contribution < -0.4 is 0 Å². The highest BCUT2D eigenvalue weighted by Gasteiger charge is 2.17. The van der Waals surface area contributed by atoms with Crippen LogP contribution in [0.2, 0.25) is 0 Å². The fourth-order valence-electron chi connectivity index (χ4n) is 2.48. The summed E-state index contributed by atoms with van der Waals surface area (Å²) >= 11 is 0. The SMILES string of the molecule is C[C@H](c1cccc2ccccc12)N1C=NCC1. The van der Waals surface area contributed by atoms with Crippen LogP contribution in [0.4, 0.5) is 0 Å². The van der Waals surface area contributed by atoms with E-state index in [-0.39, 0.29) is 0 Å². The van der Waals surface area contributed by atoms with Gasteiger partial charge in [0.2, 0.25) is 0 Å². The van der Waals surface area contributed by atoms with E-state index in [0.29, 0.717) is 6.04 Å². The standard InChI is InChI=1S/C15H16N2/c1-12(17-10-9-16-11-17)14-8-4-6-13-5-2-3-7-15(13)14/h2-8,11-12H,9-10H2,1H3/t12-/m1/s1. The Bertz CT molecular complexity index is 554. The molecule has 1 aliphatic rings. The molecule has 0 bridgehead atoms. The molecule has 0 N–H and O–H groups in total. The van der Waals surface area contributed by atoms with Crippen LogP contribution in [-0.2, 0) is 0 Å². The zero-order chi connectivity index (χ0) is 11.7. The summed E-state index contributed by atoms with van der Waals surface area (Å²) in [6.07, 6.45) is 1.98. The molecule has 1 heterocycles. The van der Waals surface area contributed by atoms with Crippen LogP contribution in [0, 0.1) is 0 Å². The molecular weight excluding hydrogens is 208 g/mol. The van der Waals surface area contributed by atoms with Crippen LogP contribution in [0.5, 0.6) is 0 Å².